The molecule has 0 aliphatic rings. The Morgan fingerprint density at radius 3 is 2.50 bits per heavy atom. The van der Waals surface area contributed by atoms with E-state index >= 15 is 0 Å². The van der Waals surface area contributed by atoms with Gasteiger partial charge in [-0.25, -0.2) is 4.68 Å². The Balaban J connectivity index is 2.13. The van der Waals surface area contributed by atoms with E-state index in [0.29, 0.717) is 10.7 Å². The minimum absolute atomic E-state index is 0.608. The second-order valence-corrected chi connectivity index (χ2v) is 5.57. The van der Waals surface area contributed by atoms with Gasteiger partial charge in [-0.05, 0) is 18.2 Å². The quantitative estimate of drug-likeness (QED) is 0.739. The van der Waals surface area contributed by atoms with Crippen LogP contribution >= 0.6 is 27.5 Å². The number of halogens is 2. The zero-order valence-corrected chi connectivity index (χ0v) is 12.8. The van der Waals surface area contributed by atoms with Gasteiger partial charge in [-0.15, -0.1) is 0 Å². The first-order chi connectivity index (χ1) is 9.66. The molecule has 0 fully saturated rings. The minimum atomic E-state index is 0.608. The molecule has 1 aromatic heterocycles. The maximum atomic E-state index is 6.19. The molecular weight excluding hydrogens is 338 g/mol. The van der Waals surface area contributed by atoms with Gasteiger partial charge in [-0.3, -0.25) is 0 Å². The zero-order chi connectivity index (χ0) is 14.1. The number of benzene rings is 2. The molecule has 3 aromatic rings. The molecule has 0 spiro atoms. The van der Waals surface area contributed by atoms with Crippen LogP contribution in [0.25, 0.3) is 16.9 Å². The van der Waals surface area contributed by atoms with Crippen LogP contribution in [0.5, 0.6) is 0 Å². The van der Waals surface area contributed by atoms with E-state index in [2.05, 4.69) is 21.0 Å². The van der Waals surface area contributed by atoms with Gasteiger partial charge in [-0.2, -0.15) is 5.10 Å². The van der Waals surface area contributed by atoms with Crippen molar-refractivity contribution in [3.05, 3.63) is 64.2 Å². The number of hydrogen-bond donors (Lipinski definition) is 1. The highest BCUT2D eigenvalue weighted by molar-refractivity contribution is 9.10. The Morgan fingerprint density at radius 1 is 1.05 bits per heavy atom. The summed E-state index contributed by atoms with van der Waals surface area (Å²) < 4.78 is 2.66. The van der Waals surface area contributed by atoms with E-state index in [4.69, 9.17) is 17.3 Å². The van der Waals surface area contributed by atoms with Crippen LogP contribution in [-0.4, -0.2) is 9.78 Å². The minimum Gasteiger partial charge on any atom is -0.396 e. The second kappa shape index (κ2) is 5.31. The Bertz CT molecular complexity index is 767. The summed E-state index contributed by atoms with van der Waals surface area (Å²) in [4.78, 5) is 0. The first-order valence-electron chi connectivity index (χ1n) is 6.02. The fourth-order valence-electron chi connectivity index (χ4n) is 2.01. The summed E-state index contributed by atoms with van der Waals surface area (Å²) >= 11 is 9.70. The molecule has 0 bridgehead atoms. The summed E-state index contributed by atoms with van der Waals surface area (Å²) in [6.45, 7) is 0. The highest BCUT2D eigenvalue weighted by Crippen LogP contribution is 2.32. The van der Waals surface area contributed by atoms with Gasteiger partial charge in [0.2, 0.25) is 0 Å². The van der Waals surface area contributed by atoms with E-state index in [0.717, 1.165) is 21.4 Å². The molecule has 3 rings (SSSR count). The molecule has 100 valence electrons. The Labute approximate surface area is 130 Å². The summed E-state index contributed by atoms with van der Waals surface area (Å²) in [7, 11) is 0. The predicted molar refractivity (Wildman–Crippen MR) is 86.1 cm³/mol. The fraction of sp³-hybridized carbons (Fsp3) is 0. The molecule has 0 atom stereocenters. The normalized spacial score (nSPS) is 10.7. The van der Waals surface area contributed by atoms with Crippen molar-refractivity contribution in [2.45, 2.75) is 0 Å². The van der Waals surface area contributed by atoms with E-state index in [1.807, 2.05) is 48.5 Å². The van der Waals surface area contributed by atoms with Gasteiger partial charge >= 0.3 is 0 Å². The van der Waals surface area contributed by atoms with Crippen molar-refractivity contribution in [1.29, 1.82) is 0 Å². The van der Waals surface area contributed by atoms with Crippen LogP contribution in [0.2, 0.25) is 5.02 Å². The fourth-order valence-corrected chi connectivity index (χ4v) is 2.71. The molecule has 0 aliphatic heterocycles. The van der Waals surface area contributed by atoms with Crippen LogP contribution in [0, 0.1) is 0 Å². The molecule has 2 aromatic carbocycles. The summed E-state index contributed by atoms with van der Waals surface area (Å²) in [5, 5.41) is 5.18. The third-order valence-electron chi connectivity index (χ3n) is 2.97. The van der Waals surface area contributed by atoms with Crippen LogP contribution in [0.15, 0.2) is 59.2 Å². The van der Waals surface area contributed by atoms with E-state index in [-0.39, 0.29) is 0 Å². The average molecular weight is 349 g/mol. The number of anilines is 1. The van der Waals surface area contributed by atoms with Gasteiger partial charge in [0.15, 0.2) is 0 Å². The van der Waals surface area contributed by atoms with E-state index < -0.39 is 0 Å². The van der Waals surface area contributed by atoms with Gasteiger partial charge in [0, 0.05) is 10.0 Å². The number of nitrogens with zero attached hydrogens (tertiary/aromatic N) is 2. The highest BCUT2D eigenvalue weighted by atomic mass is 79.9. The van der Waals surface area contributed by atoms with Gasteiger partial charge < -0.3 is 5.73 Å². The number of aromatic nitrogens is 2. The van der Waals surface area contributed by atoms with Crippen molar-refractivity contribution in [3.8, 4) is 16.9 Å². The smallest absolute Gasteiger partial charge is 0.117 e. The van der Waals surface area contributed by atoms with Crippen molar-refractivity contribution in [3.63, 3.8) is 0 Å². The SMILES string of the molecule is Nc1cn(-c2ccccc2Cl)nc1-c1ccccc1Br. The van der Waals surface area contributed by atoms with E-state index in [9.17, 15) is 0 Å². The lowest BCUT2D eigenvalue weighted by molar-refractivity contribution is 0.884. The lowest BCUT2D eigenvalue weighted by Crippen LogP contribution is -1.95. The summed E-state index contributed by atoms with van der Waals surface area (Å²) in [5.74, 6) is 0. The third kappa shape index (κ3) is 2.32. The molecule has 1 heterocycles. The summed E-state index contributed by atoms with van der Waals surface area (Å²) in [6.07, 6.45) is 1.77. The number of hydrogen-bond acceptors (Lipinski definition) is 2. The van der Waals surface area contributed by atoms with Crippen molar-refractivity contribution in [2.75, 3.05) is 5.73 Å². The monoisotopic (exact) mass is 347 g/mol. The van der Waals surface area contributed by atoms with Gasteiger partial charge in [0.05, 0.1) is 22.6 Å². The lowest BCUT2D eigenvalue weighted by atomic mass is 10.1. The van der Waals surface area contributed by atoms with Crippen molar-refractivity contribution >= 4 is 33.2 Å². The second-order valence-electron chi connectivity index (χ2n) is 4.31. The predicted octanol–water partition coefficient (Wildman–Crippen LogP) is 4.54. The maximum Gasteiger partial charge on any atom is 0.117 e. The number of rotatable bonds is 2. The number of nitrogen functional groups attached to an aromatic ring is 1. The first-order valence-corrected chi connectivity index (χ1v) is 7.19. The van der Waals surface area contributed by atoms with Crippen molar-refractivity contribution < 1.29 is 0 Å². The van der Waals surface area contributed by atoms with Crippen LogP contribution in [0.1, 0.15) is 0 Å². The molecule has 2 N–H and O–H groups in total. The van der Waals surface area contributed by atoms with Crippen LogP contribution in [-0.2, 0) is 0 Å². The first kappa shape index (κ1) is 13.2. The Morgan fingerprint density at radius 2 is 1.75 bits per heavy atom. The van der Waals surface area contributed by atoms with Crippen LogP contribution in [0.3, 0.4) is 0 Å². The molecule has 3 nitrogen and oxygen atoms in total. The molecule has 0 radical (unpaired) electrons. The molecule has 0 saturated heterocycles. The molecule has 5 heteroatoms. The van der Waals surface area contributed by atoms with Gasteiger partial charge in [-0.1, -0.05) is 57.9 Å². The molecular formula is C15H11BrClN3. The van der Waals surface area contributed by atoms with Gasteiger partial charge in [0.25, 0.3) is 0 Å². The standard InChI is InChI=1S/C15H11BrClN3/c16-11-6-2-1-5-10(11)15-13(18)9-20(19-15)14-8-4-3-7-12(14)17/h1-9H,18H2. The molecule has 0 unspecified atom stereocenters. The lowest BCUT2D eigenvalue weighted by Gasteiger charge is -2.03. The zero-order valence-electron chi connectivity index (χ0n) is 10.4. The summed E-state index contributed by atoms with van der Waals surface area (Å²) in [6, 6.07) is 15.4. The number of nitrogens with two attached hydrogens (primary N) is 1. The van der Waals surface area contributed by atoms with Crippen molar-refractivity contribution in [2.24, 2.45) is 0 Å². The molecule has 20 heavy (non-hydrogen) atoms. The topological polar surface area (TPSA) is 43.8 Å². The summed E-state index contributed by atoms with van der Waals surface area (Å²) in [5.41, 5.74) is 9.18. The van der Waals surface area contributed by atoms with E-state index in [1.54, 1.807) is 10.9 Å². The van der Waals surface area contributed by atoms with Gasteiger partial charge in [0.1, 0.15) is 5.69 Å². The number of para-hydroxylation sites is 1. The molecule has 0 aliphatic carbocycles. The van der Waals surface area contributed by atoms with Crippen LogP contribution in [0.4, 0.5) is 5.69 Å². The Hall–Kier alpha value is -1.78. The third-order valence-corrected chi connectivity index (χ3v) is 3.98. The maximum absolute atomic E-state index is 6.19. The molecule has 0 saturated carbocycles. The van der Waals surface area contributed by atoms with E-state index in [1.165, 1.54) is 0 Å². The molecule has 0 amide bonds. The largest absolute Gasteiger partial charge is 0.396 e. The average Bonchev–Trinajstić information content (AvgIpc) is 2.81. The highest BCUT2D eigenvalue weighted by Gasteiger charge is 2.13. The van der Waals surface area contributed by atoms with Crippen LogP contribution < -0.4 is 5.73 Å². The van der Waals surface area contributed by atoms with Crippen molar-refractivity contribution in [1.82, 2.24) is 9.78 Å². The Kier molecular flexibility index (Phi) is 3.51.